The van der Waals surface area contributed by atoms with Crippen LogP contribution in [0.1, 0.15) is 34.0 Å². The van der Waals surface area contributed by atoms with Crippen LogP contribution in [0.2, 0.25) is 5.02 Å². The Labute approximate surface area is 150 Å². The summed E-state index contributed by atoms with van der Waals surface area (Å²) in [7, 11) is 0. The first-order valence-corrected chi connectivity index (χ1v) is 8.53. The average molecular weight is 350 g/mol. The Hall–Kier alpha value is -2.72. The van der Waals surface area contributed by atoms with Crippen LogP contribution in [0, 0.1) is 0 Å². The number of carbonyl (C=O) groups excluding carboxylic acids is 1. The van der Waals surface area contributed by atoms with Gasteiger partial charge in [-0.15, -0.1) is 0 Å². The maximum atomic E-state index is 12.5. The molecule has 1 aliphatic rings. The van der Waals surface area contributed by atoms with Gasteiger partial charge in [-0.1, -0.05) is 41.9 Å². The summed E-state index contributed by atoms with van der Waals surface area (Å²) < 4.78 is 0. The van der Waals surface area contributed by atoms with Gasteiger partial charge in [0.05, 0.1) is 11.3 Å². The van der Waals surface area contributed by atoms with Gasteiger partial charge in [-0.2, -0.15) is 0 Å². The molecule has 1 heterocycles. The van der Waals surface area contributed by atoms with Gasteiger partial charge in [0.15, 0.2) is 5.78 Å². The highest BCUT2D eigenvalue weighted by molar-refractivity contribution is 6.30. The molecule has 0 radical (unpaired) electrons. The maximum Gasteiger partial charge on any atom is 0.227 e. The second-order valence-corrected chi connectivity index (χ2v) is 6.56. The van der Waals surface area contributed by atoms with Gasteiger partial charge < -0.3 is 5.32 Å². The Kier molecular flexibility index (Phi) is 4.20. The standard InChI is InChI=1S/C20H16ClN3O/c21-15-6-4-5-13(9-15)14-10-18-17(19(25)11-14)12-22-20(24-18)23-16-7-2-1-3-8-16/h1-9,12,14H,10-11H2,(H,22,23,24)/t14-/m1/s1. The predicted molar refractivity (Wildman–Crippen MR) is 98.6 cm³/mol. The minimum Gasteiger partial charge on any atom is -0.324 e. The van der Waals surface area contributed by atoms with E-state index in [9.17, 15) is 4.79 Å². The fourth-order valence-electron chi connectivity index (χ4n) is 3.15. The molecule has 0 aliphatic heterocycles. The second-order valence-electron chi connectivity index (χ2n) is 6.13. The smallest absolute Gasteiger partial charge is 0.227 e. The van der Waals surface area contributed by atoms with Gasteiger partial charge in [-0.25, -0.2) is 9.97 Å². The van der Waals surface area contributed by atoms with Gasteiger partial charge in [-0.3, -0.25) is 4.79 Å². The Bertz CT molecular complexity index is 927. The van der Waals surface area contributed by atoms with Crippen LogP contribution in [-0.2, 0) is 6.42 Å². The number of rotatable bonds is 3. The summed E-state index contributed by atoms with van der Waals surface area (Å²) >= 11 is 6.10. The Morgan fingerprint density at radius 3 is 2.68 bits per heavy atom. The average Bonchev–Trinajstić information content (AvgIpc) is 2.62. The topological polar surface area (TPSA) is 54.9 Å². The molecule has 5 heteroatoms. The molecule has 124 valence electrons. The van der Waals surface area contributed by atoms with Gasteiger partial charge in [-0.05, 0) is 42.2 Å². The summed E-state index contributed by atoms with van der Waals surface area (Å²) in [6.07, 6.45) is 2.79. The summed E-state index contributed by atoms with van der Waals surface area (Å²) in [5.41, 5.74) is 3.39. The van der Waals surface area contributed by atoms with E-state index in [0.29, 0.717) is 29.4 Å². The van der Waals surface area contributed by atoms with Crippen molar-refractivity contribution in [1.82, 2.24) is 9.97 Å². The number of ketones is 1. The summed E-state index contributed by atoms with van der Waals surface area (Å²) in [5, 5.41) is 3.86. The largest absolute Gasteiger partial charge is 0.324 e. The fourth-order valence-corrected chi connectivity index (χ4v) is 3.35. The van der Waals surface area contributed by atoms with Gasteiger partial charge in [0.1, 0.15) is 0 Å². The molecule has 2 aromatic carbocycles. The minimum absolute atomic E-state index is 0.0810. The first-order valence-electron chi connectivity index (χ1n) is 8.16. The van der Waals surface area contributed by atoms with Gasteiger partial charge in [0.2, 0.25) is 5.95 Å². The lowest BCUT2D eigenvalue weighted by atomic mass is 9.82. The number of nitrogens with one attached hydrogen (secondary N) is 1. The number of aromatic nitrogens is 2. The highest BCUT2D eigenvalue weighted by Gasteiger charge is 2.28. The normalized spacial score (nSPS) is 16.4. The number of nitrogens with zero attached hydrogens (tertiary/aromatic N) is 2. The van der Waals surface area contributed by atoms with Crippen molar-refractivity contribution in [3.63, 3.8) is 0 Å². The molecule has 1 aromatic heterocycles. The molecule has 0 spiro atoms. The Morgan fingerprint density at radius 1 is 1.04 bits per heavy atom. The van der Waals surface area contributed by atoms with E-state index in [4.69, 9.17) is 11.6 Å². The SMILES string of the molecule is O=C1C[C@H](c2cccc(Cl)c2)Cc2nc(Nc3ccccc3)ncc21. The third-order valence-corrected chi connectivity index (χ3v) is 4.62. The zero-order valence-electron chi connectivity index (χ0n) is 13.4. The van der Waals surface area contributed by atoms with Crippen LogP contribution in [-0.4, -0.2) is 15.8 Å². The molecule has 1 aliphatic carbocycles. The van der Waals surface area contributed by atoms with Crippen molar-refractivity contribution in [1.29, 1.82) is 0 Å². The molecule has 0 unspecified atom stereocenters. The van der Waals surface area contributed by atoms with Crippen molar-refractivity contribution in [3.05, 3.63) is 82.6 Å². The van der Waals surface area contributed by atoms with Crippen molar-refractivity contribution in [2.45, 2.75) is 18.8 Å². The quantitative estimate of drug-likeness (QED) is 0.738. The predicted octanol–water partition coefficient (Wildman–Crippen LogP) is 4.79. The fraction of sp³-hybridized carbons (Fsp3) is 0.150. The van der Waals surface area contributed by atoms with Crippen molar-refractivity contribution in [2.75, 3.05) is 5.32 Å². The van der Waals surface area contributed by atoms with Crippen LogP contribution in [0.3, 0.4) is 0 Å². The molecule has 0 fully saturated rings. The summed E-state index contributed by atoms with van der Waals surface area (Å²) in [5.74, 6) is 0.681. The number of halogens is 1. The zero-order valence-corrected chi connectivity index (χ0v) is 14.2. The minimum atomic E-state index is 0.0810. The van der Waals surface area contributed by atoms with Crippen molar-refractivity contribution < 1.29 is 4.79 Å². The van der Waals surface area contributed by atoms with E-state index in [1.165, 1.54) is 0 Å². The van der Waals surface area contributed by atoms with E-state index in [2.05, 4.69) is 15.3 Å². The molecular weight excluding hydrogens is 334 g/mol. The number of hydrogen-bond acceptors (Lipinski definition) is 4. The first-order chi connectivity index (χ1) is 12.2. The summed E-state index contributed by atoms with van der Waals surface area (Å²) in [6.45, 7) is 0. The van der Waals surface area contributed by atoms with Crippen LogP contribution < -0.4 is 5.32 Å². The van der Waals surface area contributed by atoms with E-state index in [-0.39, 0.29) is 11.7 Å². The maximum absolute atomic E-state index is 12.5. The molecule has 1 atom stereocenters. The van der Waals surface area contributed by atoms with E-state index in [0.717, 1.165) is 16.9 Å². The molecule has 4 nitrogen and oxygen atoms in total. The second kappa shape index (κ2) is 6.65. The van der Waals surface area contributed by atoms with E-state index < -0.39 is 0 Å². The molecule has 4 rings (SSSR count). The van der Waals surface area contributed by atoms with Crippen molar-refractivity contribution in [2.24, 2.45) is 0 Å². The lowest BCUT2D eigenvalue weighted by molar-refractivity contribution is 0.0962. The lowest BCUT2D eigenvalue weighted by Crippen LogP contribution is -2.21. The summed E-state index contributed by atoms with van der Waals surface area (Å²) in [6, 6.07) is 17.4. The van der Waals surface area contributed by atoms with Gasteiger partial charge in [0.25, 0.3) is 0 Å². The molecular formula is C20H16ClN3O. The zero-order chi connectivity index (χ0) is 17.2. The third kappa shape index (κ3) is 3.39. The number of para-hydroxylation sites is 1. The molecule has 1 N–H and O–H groups in total. The number of anilines is 2. The van der Waals surface area contributed by atoms with E-state index in [1.54, 1.807) is 6.20 Å². The lowest BCUT2D eigenvalue weighted by Gasteiger charge is -2.23. The Balaban J connectivity index is 1.63. The van der Waals surface area contributed by atoms with E-state index in [1.807, 2.05) is 54.6 Å². The van der Waals surface area contributed by atoms with Crippen LogP contribution in [0.25, 0.3) is 0 Å². The number of carbonyl (C=O) groups is 1. The Morgan fingerprint density at radius 2 is 1.88 bits per heavy atom. The number of fused-ring (bicyclic) bond motifs is 1. The van der Waals surface area contributed by atoms with Crippen molar-refractivity contribution >= 4 is 29.0 Å². The molecule has 0 saturated heterocycles. The van der Waals surface area contributed by atoms with Crippen molar-refractivity contribution in [3.8, 4) is 0 Å². The number of Topliss-reactive ketones (excluding diaryl/α,β-unsaturated/α-hetero) is 1. The molecule has 0 saturated carbocycles. The summed E-state index contributed by atoms with van der Waals surface area (Å²) in [4.78, 5) is 21.4. The van der Waals surface area contributed by atoms with Crippen LogP contribution in [0.4, 0.5) is 11.6 Å². The van der Waals surface area contributed by atoms with Crippen LogP contribution in [0.5, 0.6) is 0 Å². The molecule has 3 aromatic rings. The van der Waals surface area contributed by atoms with Crippen LogP contribution in [0.15, 0.2) is 60.8 Å². The highest BCUT2D eigenvalue weighted by atomic mass is 35.5. The number of hydrogen-bond donors (Lipinski definition) is 1. The molecule has 25 heavy (non-hydrogen) atoms. The van der Waals surface area contributed by atoms with Gasteiger partial charge >= 0.3 is 0 Å². The monoisotopic (exact) mass is 349 g/mol. The third-order valence-electron chi connectivity index (χ3n) is 4.39. The first kappa shape index (κ1) is 15.8. The van der Waals surface area contributed by atoms with E-state index >= 15 is 0 Å². The highest BCUT2D eigenvalue weighted by Crippen LogP contribution is 2.33. The molecule has 0 bridgehead atoms. The number of benzene rings is 2. The molecule has 0 amide bonds. The van der Waals surface area contributed by atoms with Crippen LogP contribution >= 0.6 is 11.6 Å². The van der Waals surface area contributed by atoms with Gasteiger partial charge in [0, 0.05) is 23.3 Å².